The molecule has 0 N–H and O–H groups in total. The quantitative estimate of drug-likeness (QED) is 0.536. The zero-order valence-electron chi connectivity index (χ0n) is 14.4. The van der Waals surface area contributed by atoms with E-state index in [1.165, 1.54) is 0 Å². The monoisotopic (exact) mass is 374 g/mol. The average molecular weight is 374 g/mol. The van der Waals surface area contributed by atoms with E-state index in [1.54, 1.807) is 34.5 Å². The summed E-state index contributed by atoms with van der Waals surface area (Å²) in [5, 5.41) is 3.90. The predicted molar refractivity (Wildman–Crippen MR) is 103 cm³/mol. The minimum absolute atomic E-state index is 0.140. The van der Waals surface area contributed by atoms with E-state index in [4.69, 9.17) is 4.74 Å². The van der Waals surface area contributed by atoms with Crippen molar-refractivity contribution in [3.05, 3.63) is 75.4 Å². The Morgan fingerprint density at radius 2 is 1.93 bits per heavy atom. The Balaban J connectivity index is 1.89. The van der Waals surface area contributed by atoms with Gasteiger partial charge < -0.3 is 4.74 Å². The molecule has 0 aliphatic carbocycles. The molecule has 4 aromatic rings. The van der Waals surface area contributed by atoms with E-state index in [-0.39, 0.29) is 5.56 Å². The fourth-order valence-electron chi connectivity index (χ4n) is 3.35. The largest absolute Gasteiger partial charge is 0.485 e. The summed E-state index contributed by atoms with van der Waals surface area (Å²) in [4.78, 5) is 26.6. The molecule has 0 radical (unpaired) electrons. The van der Waals surface area contributed by atoms with Crippen molar-refractivity contribution in [2.75, 3.05) is 0 Å². The number of hydrogen-bond donors (Lipinski definition) is 0. The lowest BCUT2D eigenvalue weighted by Crippen LogP contribution is -2.27. The summed E-state index contributed by atoms with van der Waals surface area (Å²) < 4.78 is 7.57. The molecule has 0 atom stereocenters. The molecule has 5 heterocycles. The van der Waals surface area contributed by atoms with Gasteiger partial charge in [-0.3, -0.25) is 24.3 Å². The topological polar surface area (TPSA) is 69.9 Å². The van der Waals surface area contributed by atoms with Gasteiger partial charge >= 0.3 is 0 Å². The summed E-state index contributed by atoms with van der Waals surface area (Å²) in [6.07, 6.45) is 4.95. The first-order valence-corrected chi connectivity index (χ1v) is 9.36. The summed E-state index contributed by atoms with van der Waals surface area (Å²) in [5.41, 5.74) is 4.86. The van der Waals surface area contributed by atoms with Crippen LogP contribution in [0.1, 0.15) is 11.4 Å². The van der Waals surface area contributed by atoms with Crippen molar-refractivity contribution in [3.8, 4) is 34.0 Å². The number of fused-ring (bicyclic) bond motifs is 3. The maximum Gasteiger partial charge on any atom is 0.265 e. The molecule has 0 fully saturated rings. The van der Waals surface area contributed by atoms with Crippen molar-refractivity contribution >= 4 is 11.3 Å². The second-order valence-electron chi connectivity index (χ2n) is 6.17. The summed E-state index contributed by atoms with van der Waals surface area (Å²) in [7, 11) is 0. The van der Waals surface area contributed by atoms with Gasteiger partial charge in [-0.25, -0.2) is 0 Å². The van der Waals surface area contributed by atoms with E-state index in [2.05, 4.69) is 15.0 Å². The van der Waals surface area contributed by atoms with Crippen LogP contribution in [0.3, 0.4) is 0 Å². The standard InChI is InChI=1S/C20H14N4O2S/c1-12-18(23-7-6-21-12)15-9-14-16(10-26-17-3-2-5-22-19(14)17)24(20(15)25)13-4-8-27-11-13/h2-9,11H,10H2,1H3. The van der Waals surface area contributed by atoms with Crippen molar-refractivity contribution in [3.63, 3.8) is 0 Å². The van der Waals surface area contributed by atoms with Crippen molar-refractivity contribution in [2.24, 2.45) is 0 Å². The van der Waals surface area contributed by atoms with E-state index in [0.717, 1.165) is 22.6 Å². The summed E-state index contributed by atoms with van der Waals surface area (Å²) in [6.45, 7) is 2.16. The Morgan fingerprint density at radius 3 is 2.74 bits per heavy atom. The molecule has 4 aromatic heterocycles. The number of pyridine rings is 2. The summed E-state index contributed by atoms with van der Waals surface area (Å²) >= 11 is 1.54. The van der Waals surface area contributed by atoms with Crippen LogP contribution in [0.5, 0.6) is 5.75 Å². The predicted octanol–water partition coefficient (Wildman–Crippen LogP) is 3.62. The van der Waals surface area contributed by atoms with Crippen molar-refractivity contribution in [1.82, 2.24) is 19.5 Å². The Hall–Kier alpha value is -3.32. The number of rotatable bonds is 2. The molecular weight excluding hydrogens is 360 g/mol. The van der Waals surface area contributed by atoms with Gasteiger partial charge in [0.1, 0.15) is 18.1 Å². The average Bonchev–Trinajstić information content (AvgIpc) is 3.22. The molecular formula is C20H14N4O2S. The van der Waals surface area contributed by atoms with Crippen LogP contribution in [0.25, 0.3) is 28.2 Å². The SMILES string of the molecule is Cc1nccnc1-c1cc2c(n(-c3ccsc3)c1=O)COc1cccnc1-2. The van der Waals surface area contributed by atoms with Gasteiger partial charge in [0.15, 0.2) is 0 Å². The lowest BCUT2D eigenvalue weighted by Gasteiger charge is -2.24. The van der Waals surface area contributed by atoms with E-state index >= 15 is 0 Å². The van der Waals surface area contributed by atoms with E-state index < -0.39 is 0 Å². The number of aromatic nitrogens is 4. The first-order valence-electron chi connectivity index (χ1n) is 8.41. The third kappa shape index (κ3) is 2.47. The smallest absolute Gasteiger partial charge is 0.265 e. The Kier molecular flexibility index (Phi) is 3.61. The maximum atomic E-state index is 13.4. The number of nitrogens with zero attached hydrogens (tertiary/aromatic N) is 4. The molecule has 27 heavy (non-hydrogen) atoms. The van der Waals surface area contributed by atoms with Gasteiger partial charge in [-0.1, -0.05) is 0 Å². The molecule has 0 aromatic carbocycles. The number of ether oxygens (including phenoxy) is 1. The molecule has 7 heteroatoms. The van der Waals surface area contributed by atoms with E-state index in [0.29, 0.717) is 29.3 Å². The minimum atomic E-state index is -0.140. The summed E-state index contributed by atoms with van der Waals surface area (Å²) in [6, 6.07) is 7.52. The highest BCUT2D eigenvalue weighted by atomic mass is 32.1. The van der Waals surface area contributed by atoms with E-state index in [1.807, 2.05) is 41.9 Å². The summed E-state index contributed by atoms with van der Waals surface area (Å²) in [5.74, 6) is 0.710. The van der Waals surface area contributed by atoms with E-state index in [9.17, 15) is 4.79 Å². The van der Waals surface area contributed by atoms with Gasteiger partial charge in [0.2, 0.25) is 0 Å². The van der Waals surface area contributed by atoms with Crippen LogP contribution in [-0.4, -0.2) is 19.5 Å². The second-order valence-corrected chi connectivity index (χ2v) is 6.95. The molecule has 0 saturated carbocycles. The third-order valence-corrected chi connectivity index (χ3v) is 5.26. The molecule has 0 amide bonds. The molecule has 0 bridgehead atoms. The van der Waals surface area contributed by atoms with Crippen molar-refractivity contribution in [2.45, 2.75) is 13.5 Å². The molecule has 0 unspecified atom stereocenters. The lowest BCUT2D eigenvalue weighted by molar-refractivity contribution is 0.292. The zero-order chi connectivity index (χ0) is 18.4. The molecule has 6 nitrogen and oxygen atoms in total. The molecule has 0 saturated heterocycles. The number of thiophene rings is 1. The zero-order valence-corrected chi connectivity index (χ0v) is 15.2. The van der Waals surface area contributed by atoms with Gasteiger partial charge in [-0.2, -0.15) is 11.3 Å². The first kappa shape index (κ1) is 15.9. The van der Waals surface area contributed by atoms with Crippen molar-refractivity contribution in [1.29, 1.82) is 0 Å². The van der Waals surface area contributed by atoms with Crippen LogP contribution in [0.15, 0.2) is 58.4 Å². The van der Waals surface area contributed by atoms with Gasteiger partial charge in [0.25, 0.3) is 5.56 Å². The normalized spacial score (nSPS) is 12.2. The van der Waals surface area contributed by atoms with Gasteiger partial charge in [-0.05, 0) is 36.6 Å². The van der Waals surface area contributed by atoms with Crippen LogP contribution in [0.2, 0.25) is 0 Å². The van der Waals surface area contributed by atoms with Crippen LogP contribution in [-0.2, 0) is 6.61 Å². The van der Waals surface area contributed by atoms with Gasteiger partial charge in [0.05, 0.1) is 28.3 Å². The molecule has 5 rings (SSSR count). The van der Waals surface area contributed by atoms with Gasteiger partial charge in [0, 0.05) is 29.5 Å². The minimum Gasteiger partial charge on any atom is -0.485 e. The third-order valence-electron chi connectivity index (χ3n) is 4.59. The molecule has 1 aliphatic heterocycles. The number of aryl methyl sites for hydroxylation is 1. The van der Waals surface area contributed by atoms with Gasteiger partial charge in [-0.15, -0.1) is 0 Å². The van der Waals surface area contributed by atoms with Crippen LogP contribution < -0.4 is 10.3 Å². The fraction of sp³-hybridized carbons (Fsp3) is 0.100. The van der Waals surface area contributed by atoms with Crippen LogP contribution in [0, 0.1) is 6.92 Å². The molecule has 1 aliphatic rings. The van der Waals surface area contributed by atoms with Crippen LogP contribution >= 0.6 is 11.3 Å². The highest BCUT2D eigenvalue weighted by Gasteiger charge is 2.26. The first-order chi connectivity index (χ1) is 13.2. The Morgan fingerprint density at radius 1 is 1.07 bits per heavy atom. The highest BCUT2D eigenvalue weighted by Crippen LogP contribution is 2.37. The highest BCUT2D eigenvalue weighted by molar-refractivity contribution is 7.08. The maximum absolute atomic E-state index is 13.4. The second kappa shape index (κ2) is 6.14. The lowest BCUT2D eigenvalue weighted by atomic mass is 10.0. The van der Waals surface area contributed by atoms with Crippen LogP contribution in [0.4, 0.5) is 0 Å². The van der Waals surface area contributed by atoms with Crippen molar-refractivity contribution < 1.29 is 4.74 Å². The molecule has 132 valence electrons. The Bertz CT molecular complexity index is 1220. The fourth-order valence-corrected chi connectivity index (χ4v) is 3.97. The Labute approximate surface area is 158 Å². The molecule has 0 spiro atoms. The number of hydrogen-bond acceptors (Lipinski definition) is 6.